The maximum atomic E-state index is 13.9. The minimum Gasteiger partial charge on any atom is -0.488 e. The van der Waals surface area contributed by atoms with Crippen LogP contribution in [0.4, 0.5) is 0 Å². The molecule has 41 heavy (non-hydrogen) atoms. The lowest BCUT2D eigenvalue weighted by molar-refractivity contribution is -0.139. The lowest BCUT2D eigenvalue weighted by Crippen LogP contribution is -2.39. The van der Waals surface area contributed by atoms with Crippen LogP contribution in [0.3, 0.4) is 0 Å². The number of fused-ring (bicyclic) bond motifs is 1. The van der Waals surface area contributed by atoms with Crippen molar-refractivity contribution in [1.29, 1.82) is 5.26 Å². The van der Waals surface area contributed by atoms with Crippen LogP contribution >= 0.6 is 22.9 Å². The molecule has 3 aromatic carbocycles. The molecule has 0 saturated heterocycles. The Labute approximate surface area is 245 Å². The number of aromatic nitrogens is 1. The molecule has 1 aliphatic rings. The molecule has 4 aromatic rings. The van der Waals surface area contributed by atoms with Crippen LogP contribution in [-0.4, -0.2) is 17.1 Å². The number of thiazole rings is 1. The Bertz CT molecular complexity index is 1880. The first-order chi connectivity index (χ1) is 19.8. The summed E-state index contributed by atoms with van der Waals surface area (Å²) in [5, 5.41) is 9.53. The summed E-state index contributed by atoms with van der Waals surface area (Å²) < 4.78 is 13.4. The largest absolute Gasteiger partial charge is 0.488 e. The molecule has 0 saturated carbocycles. The fourth-order valence-corrected chi connectivity index (χ4v) is 5.82. The number of esters is 1. The molecular formula is C32H26ClN3O4S. The first kappa shape index (κ1) is 28.1. The molecule has 0 fully saturated rings. The fraction of sp³-hybridized carbons (Fsp3) is 0.188. The van der Waals surface area contributed by atoms with Gasteiger partial charge in [0, 0.05) is 10.6 Å². The second-order valence-electron chi connectivity index (χ2n) is 9.49. The maximum absolute atomic E-state index is 13.9. The van der Waals surface area contributed by atoms with Crippen molar-refractivity contribution < 1.29 is 14.3 Å². The van der Waals surface area contributed by atoms with Crippen LogP contribution in [0.5, 0.6) is 5.75 Å². The molecule has 206 valence electrons. The van der Waals surface area contributed by atoms with Crippen LogP contribution in [0.1, 0.15) is 47.7 Å². The van der Waals surface area contributed by atoms with Crippen molar-refractivity contribution in [3.8, 4) is 11.8 Å². The summed E-state index contributed by atoms with van der Waals surface area (Å²) in [6.45, 7) is 5.96. The Morgan fingerprint density at radius 3 is 2.54 bits per heavy atom. The third kappa shape index (κ3) is 5.87. The van der Waals surface area contributed by atoms with Gasteiger partial charge in [0.1, 0.15) is 12.4 Å². The predicted molar refractivity (Wildman–Crippen MR) is 159 cm³/mol. The van der Waals surface area contributed by atoms with Gasteiger partial charge in [0.2, 0.25) is 0 Å². The van der Waals surface area contributed by atoms with E-state index in [-0.39, 0.29) is 18.8 Å². The average Bonchev–Trinajstić information content (AvgIpc) is 3.26. The highest BCUT2D eigenvalue weighted by atomic mass is 35.5. The zero-order chi connectivity index (χ0) is 29.1. The molecule has 9 heteroatoms. The standard InChI is InChI=1S/C32H26ClN3O4S/c1-4-39-31(38)28-20(3)35-32-36(29(28)23-11-5-19(2)6-12-23)30(37)27(41-32)16-24-15-25(33)13-14-26(24)40-18-22-9-7-21(17-34)8-10-22/h5-16,29H,4,18H2,1-3H3/b27-16-/t29-/m1/s1. The summed E-state index contributed by atoms with van der Waals surface area (Å²) in [5.41, 5.74) is 4.51. The lowest BCUT2D eigenvalue weighted by Gasteiger charge is -2.24. The van der Waals surface area contributed by atoms with E-state index < -0.39 is 12.0 Å². The highest BCUT2D eigenvalue weighted by Gasteiger charge is 2.33. The van der Waals surface area contributed by atoms with Gasteiger partial charge < -0.3 is 9.47 Å². The molecule has 7 nitrogen and oxygen atoms in total. The van der Waals surface area contributed by atoms with Crippen molar-refractivity contribution in [2.45, 2.75) is 33.4 Å². The number of ether oxygens (including phenoxy) is 2. The SMILES string of the molecule is CCOC(=O)C1=C(C)N=c2s/c(=C\c3cc(Cl)ccc3OCc3ccc(C#N)cc3)c(=O)n2[C@@H]1c1ccc(C)cc1. The third-order valence-electron chi connectivity index (χ3n) is 6.65. The van der Waals surface area contributed by atoms with Crippen molar-refractivity contribution in [3.05, 3.63) is 131 Å². The number of rotatable bonds is 7. The topological polar surface area (TPSA) is 93.7 Å². The Hall–Kier alpha value is -4.45. The second kappa shape index (κ2) is 12.0. The zero-order valence-electron chi connectivity index (χ0n) is 22.7. The van der Waals surface area contributed by atoms with Crippen LogP contribution in [0.15, 0.2) is 87.8 Å². The zero-order valence-corrected chi connectivity index (χ0v) is 24.3. The molecule has 0 unspecified atom stereocenters. The molecule has 0 spiro atoms. The lowest BCUT2D eigenvalue weighted by atomic mass is 9.95. The average molecular weight is 584 g/mol. The quantitative estimate of drug-likeness (QED) is 0.278. The summed E-state index contributed by atoms with van der Waals surface area (Å²) in [6.07, 6.45) is 1.74. The monoisotopic (exact) mass is 583 g/mol. The van der Waals surface area contributed by atoms with Gasteiger partial charge in [-0.15, -0.1) is 0 Å². The van der Waals surface area contributed by atoms with E-state index in [0.29, 0.717) is 42.5 Å². The summed E-state index contributed by atoms with van der Waals surface area (Å²) in [4.78, 5) is 32.1. The molecule has 0 bridgehead atoms. The van der Waals surface area contributed by atoms with E-state index >= 15 is 0 Å². The molecule has 0 amide bonds. The van der Waals surface area contributed by atoms with E-state index in [1.54, 1.807) is 54.8 Å². The van der Waals surface area contributed by atoms with Crippen molar-refractivity contribution >= 4 is 35.0 Å². The molecule has 0 N–H and O–H groups in total. The van der Waals surface area contributed by atoms with Gasteiger partial charge in [0.15, 0.2) is 4.80 Å². The van der Waals surface area contributed by atoms with E-state index in [1.165, 1.54) is 11.3 Å². The van der Waals surface area contributed by atoms with Crippen LogP contribution in [0.25, 0.3) is 6.08 Å². The molecule has 1 aliphatic heterocycles. The number of hydrogen-bond donors (Lipinski definition) is 0. The number of carbonyl (C=O) groups is 1. The Balaban J connectivity index is 1.59. The van der Waals surface area contributed by atoms with Gasteiger partial charge in [-0.05, 0) is 68.3 Å². The molecule has 5 rings (SSSR count). The molecule has 1 atom stereocenters. The van der Waals surface area contributed by atoms with Crippen LogP contribution in [-0.2, 0) is 16.1 Å². The third-order valence-corrected chi connectivity index (χ3v) is 7.86. The van der Waals surface area contributed by atoms with Gasteiger partial charge in [-0.1, -0.05) is 64.9 Å². The first-order valence-corrected chi connectivity index (χ1v) is 14.2. The van der Waals surface area contributed by atoms with E-state index in [9.17, 15) is 9.59 Å². The number of carbonyl (C=O) groups excluding carboxylic acids is 1. The first-order valence-electron chi connectivity index (χ1n) is 13.0. The number of hydrogen-bond acceptors (Lipinski definition) is 7. The molecule has 0 radical (unpaired) electrons. The van der Waals surface area contributed by atoms with Gasteiger partial charge >= 0.3 is 5.97 Å². The molecule has 1 aromatic heterocycles. The highest BCUT2D eigenvalue weighted by Crippen LogP contribution is 2.31. The van der Waals surface area contributed by atoms with Crippen LogP contribution in [0.2, 0.25) is 5.02 Å². The van der Waals surface area contributed by atoms with Crippen molar-refractivity contribution in [2.24, 2.45) is 4.99 Å². The number of nitrogens with zero attached hydrogens (tertiary/aromatic N) is 3. The Morgan fingerprint density at radius 1 is 1.12 bits per heavy atom. The van der Waals surface area contributed by atoms with Crippen LogP contribution < -0.4 is 19.6 Å². The number of allylic oxidation sites excluding steroid dienone is 1. The van der Waals surface area contributed by atoms with E-state index in [2.05, 4.69) is 11.1 Å². The summed E-state index contributed by atoms with van der Waals surface area (Å²) >= 11 is 7.57. The number of nitriles is 1. The molecule has 0 aliphatic carbocycles. The highest BCUT2D eigenvalue weighted by molar-refractivity contribution is 7.07. The Kier molecular flexibility index (Phi) is 8.20. The summed E-state index contributed by atoms with van der Waals surface area (Å²) in [6, 6.07) is 21.5. The molecular weight excluding hydrogens is 558 g/mol. The number of halogens is 1. The second-order valence-corrected chi connectivity index (χ2v) is 10.9. The molecule has 2 heterocycles. The Morgan fingerprint density at radius 2 is 1.85 bits per heavy atom. The normalized spacial score (nSPS) is 14.7. The van der Waals surface area contributed by atoms with E-state index in [4.69, 9.17) is 26.3 Å². The van der Waals surface area contributed by atoms with Crippen molar-refractivity contribution in [2.75, 3.05) is 6.61 Å². The van der Waals surface area contributed by atoms with Gasteiger partial charge in [-0.3, -0.25) is 9.36 Å². The number of benzene rings is 3. The summed E-state index contributed by atoms with van der Waals surface area (Å²) in [5.74, 6) is 0.0463. The minimum absolute atomic E-state index is 0.209. The van der Waals surface area contributed by atoms with Crippen molar-refractivity contribution in [3.63, 3.8) is 0 Å². The number of aryl methyl sites for hydroxylation is 1. The maximum Gasteiger partial charge on any atom is 0.338 e. The minimum atomic E-state index is -0.681. The smallest absolute Gasteiger partial charge is 0.338 e. The van der Waals surface area contributed by atoms with E-state index in [0.717, 1.165) is 16.7 Å². The van der Waals surface area contributed by atoms with Crippen LogP contribution in [0, 0.1) is 18.3 Å². The van der Waals surface area contributed by atoms with Gasteiger partial charge in [-0.2, -0.15) is 5.26 Å². The van der Waals surface area contributed by atoms with Crippen molar-refractivity contribution in [1.82, 2.24) is 4.57 Å². The van der Waals surface area contributed by atoms with Gasteiger partial charge in [-0.25, -0.2) is 9.79 Å². The van der Waals surface area contributed by atoms with Gasteiger partial charge in [0.25, 0.3) is 5.56 Å². The van der Waals surface area contributed by atoms with Gasteiger partial charge in [0.05, 0.1) is 40.1 Å². The predicted octanol–water partition coefficient (Wildman–Crippen LogP) is 5.21. The van der Waals surface area contributed by atoms with E-state index in [1.807, 2.05) is 43.3 Å². The summed E-state index contributed by atoms with van der Waals surface area (Å²) in [7, 11) is 0. The fourth-order valence-electron chi connectivity index (χ4n) is 4.60.